The average molecular weight is 578 g/mol. The van der Waals surface area contributed by atoms with E-state index in [1.807, 2.05) is 100 Å². The van der Waals surface area contributed by atoms with Crippen LogP contribution in [0.5, 0.6) is 0 Å². The number of carbonyl (C=O) groups is 2. The van der Waals surface area contributed by atoms with Crippen molar-refractivity contribution in [3.05, 3.63) is 101 Å². The number of sulfonamides is 1. The maximum Gasteiger partial charge on any atom is 0.243 e. The Morgan fingerprint density at radius 3 is 2.22 bits per heavy atom. The predicted octanol–water partition coefficient (Wildman–Crippen LogP) is 5.26. The van der Waals surface area contributed by atoms with E-state index in [4.69, 9.17) is 0 Å². The first-order valence-corrected chi connectivity index (χ1v) is 16.0. The van der Waals surface area contributed by atoms with E-state index in [1.165, 1.54) is 10.6 Å². The molecule has 41 heavy (non-hydrogen) atoms. The van der Waals surface area contributed by atoms with E-state index < -0.39 is 16.1 Å². The van der Waals surface area contributed by atoms with E-state index in [2.05, 4.69) is 5.32 Å². The van der Waals surface area contributed by atoms with E-state index in [9.17, 15) is 18.0 Å². The minimum Gasteiger partial charge on any atom is -0.354 e. The zero-order valence-corrected chi connectivity index (χ0v) is 25.7. The molecule has 8 heteroatoms. The number of hydrogen-bond donors (Lipinski definition) is 1. The lowest BCUT2D eigenvalue weighted by Gasteiger charge is -2.32. The first-order chi connectivity index (χ1) is 19.5. The van der Waals surface area contributed by atoms with Crippen molar-refractivity contribution in [2.75, 3.05) is 23.7 Å². The predicted molar refractivity (Wildman–Crippen MR) is 166 cm³/mol. The standard InChI is InChI=1S/C33H43N3O4S/c1-25(2)23-34-33(38)31(22-28-15-7-6-8-16-28)35(24-29-17-10-9-14-27(29)4)32(37)19-12-20-36(41(5,39)40)30-18-11-13-26(3)21-30/h6-11,13-18,21,25,31H,12,19-20,22-24H2,1-5H3,(H,34,38)/t31-/m1/s1. The lowest BCUT2D eigenvalue weighted by Crippen LogP contribution is -2.51. The SMILES string of the molecule is Cc1cccc(N(CCCC(=O)N(Cc2ccccc2C)[C@H](Cc2ccccc2)C(=O)NCC(C)C)S(C)(=O)=O)c1. The molecule has 0 saturated carbocycles. The zero-order valence-electron chi connectivity index (χ0n) is 24.8. The van der Waals surface area contributed by atoms with E-state index in [1.54, 1.807) is 11.0 Å². The van der Waals surface area contributed by atoms with Gasteiger partial charge in [-0.3, -0.25) is 13.9 Å². The van der Waals surface area contributed by atoms with Crippen LogP contribution in [-0.4, -0.2) is 50.5 Å². The largest absolute Gasteiger partial charge is 0.354 e. The number of nitrogens with zero attached hydrogens (tertiary/aromatic N) is 2. The van der Waals surface area contributed by atoms with Crippen LogP contribution in [0, 0.1) is 19.8 Å². The molecule has 3 aromatic carbocycles. The van der Waals surface area contributed by atoms with Crippen LogP contribution < -0.4 is 9.62 Å². The summed E-state index contributed by atoms with van der Waals surface area (Å²) in [4.78, 5) is 29.2. The summed E-state index contributed by atoms with van der Waals surface area (Å²) in [6, 6.07) is 24.2. The van der Waals surface area contributed by atoms with Crippen molar-refractivity contribution in [1.82, 2.24) is 10.2 Å². The summed E-state index contributed by atoms with van der Waals surface area (Å²) in [7, 11) is -3.55. The van der Waals surface area contributed by atoms with Gasteiger partial charge in [-0.05, 0) is 60.6 Å². The number of aryl methyl sites for hydroxylation is 2. The smallest absolute Gasteiger partial charge is 0.243 e. The van der Waals surface area contributed by atoms with Crippen LogP contribution in [0.25, 0.3) is 0 Å². The first kappa shape index (κ1) is 31.9. The molecule has 3 aromatic rings. The van der Waals surface area contributed by atoms with E-state index >= 15 is 0 Å². The highest BCUT2D eigenvalue weighted by molar-refractivity contribution is 7.92. The highest BCUT2D eigenvalue weighted by atomic mass is 32.2. The van der Waals surface area contributed by atoms with Crippen LogP contribution in [-0.2, 0) is 32.6 Å². The third kappa shape index (κ3) is 9.74. The van der Waals surface area contributed by atoms with Gasteiger partial charge in [-0.25, -0.2) is 8.42 Å². The van der Waals surface area contributed by atoms with Gasteiger partial charge < -0.3 is 10.2 Å². The lowest BCUT2D eigenvalue weighted by molar-refractivity contribution is -0.141. The van der Waals surface area contributed by atoms with Gasteiger partial charge in [0.25, 0.3) is 0 Å². The monoisotopic (exact) mass is 577 g/mol. The van der Waals surface area contributed by atoms with Gasteiger partial charge in [-0.1, -0.05) is 80.6 Å². The second kappa shape index (κ2) is 14.8. The molecule has 1 N–H and O–H groups in total. The van der Waals surface area contributed by atoms with Crippen molar-refractivity contribution in [2.45, 2.75) is 59.5 Å². The van der Waals surface area contributed by atoms with Gasteiger partial charge in [0, 0.05) is 32.5 Å². The molecule has 0 spiro atoms. The van der Waals surface area contributed by atoms with Crippen molar-refractivity contribution in [3.63, 3.8) is 0 Å². The van der Waals surface area contributed by atoms with Gasteiger partial charge in [0.05, 0.1) is 11.9 Å². The average Bonchev–Trinajstić information content (AvgIpc) is 2.92. The molecule has 220 valence electrons. The minimum absolute atomic E-state index is 0.104. The summed E-state index contributed by atoms with van der Waals surface area (Å²) in [5.74, 6) is -0.117. The van der Waals surface area contributed by atoms with Crippen LogP contribution >= 0.6 is 0 Å². The molecule has 0 unspecified atom stereocenters. The summed E-state index contributed by atoms with van der Waals surface area (Å²) in [5.41, 5.74) is 4.49. The van der Waals surface area contributed by atoms with Crippen LogP contribution in [0.4, 0.5) is 5.69 Å². The number of amides is 2. The number of hydrogen-bond acceptors (Lipinski definition) is 4. The number of rotatable bonds is 14. The van der Waals surface area contributed by atoms with Gasteiger partial charge in [0.15, 0.2) is 0 Å². The summed E-state index contributed by atoms with van der Waals surface area (Å²) in [6.45, 7) is 8.93. The van der Waals surface area contributed by atoms with Crippen molar-refractivity contribution in [1.29, 1.82) is 0 Å². The van der Waals surface area contributed by atoms with Crippen LogP contribution in [0.2, 0.25) is 0 Å². The maximum absolute atomic E-state index is 13.9. The van der Waals surface area contributed by atoms with E-state index in [0.717, 1.165) is 22.3 Å². The van der Waals surface area contributed by atoms with Crippen molar-refractivity contribution in [2.24, 2.45) is 5.92 Å². The Morgan fingerprint density at radius 1 is 0.902 bits per heavy atom. The van der Waals surface area contributed by atoms with E-state index in [-0.39, 0.29) is 37.2 Å². The Labute approximate surface area is 245 Å². The molecule has 0 heterocycles. The molecular formula is C33H43N3O4S. The number of carbonyl (C=O) groups excluding carboxylic acids is 2. The van der Waals surface area contributed by atoms with Crippen LogP contribution in [0.15, 0.2) is 78.9 Å². The molecule has 3 rings (SSSR count). The normalized spacial score (nSPS) is 12.1. The fraction of sp³-hybridized carbons (Fsp3) is 0.394. The quantitative estimate of drug-likeness (QED) is 0.283. The van der Waals surface area contributed by atoms with Gasteiger partial charge in [-0.15, -0.1) is 0 Å². The molecule has 0 fully saturated rings. The fourth-order valence-electron chi connectivity index (χ4n) is 4.73. The second-order valence-corrected chi connectivity index (χ2v) is 13.0. The minimum atomic E-state index is -3.55. The van der Waals surface area contributed by atoms with Gasteiger partial charge >= 0.3 is 0 Å². The Bertz CT molecular complexity index is 1410. The first-order valence-electron chi connectivity index (χ1n) is 14.2. The maximum atomic E-state index is 13.9. The number of anilines is 1. The highest BCUT2D eigenvalue weighted by Gasteiger charge is 2.31. The topological polar surface area (TPSA) is 86.8 Å². The molecule has 0 aliphatic carbocycles. The zero-order chi connectivity index (χ0) is 30.0. The Morgan fingerprint density at radius 2 is 1.59 bits per heavy atom. The molecule has 0 aromatic heterocycles. The molecule has 0 aliphatic rings. The third-order valence-corrected chi connectivity index (χ3v) is 8.19. The van der Waals surface area contributed by atoms with Gasteiger partial charge in [-0.2, -0.15) is 0 Å². The van der Waals surface area contributed by atoms with Crippen molar-refractivity contribution in [3.8, 4) is 0 Å². The molecule has 0 bridgehead atoms. The van der Waals surface area contributed by atoms with E-state index in [0.29, 0.717) is 25.1 Å². The molecule has 0 aliphatic heterocycles. The number of nitrogens with one attached hydrogen (secondary N) is 1. The summed E-state index contributed by atoms with van der Waals surface area (Å²) in [6.07, 6.45) is 1.97. The lowest BCUT2D eigenvalue weighted by atomic mass is 10.0. The second-order valence-electron chi connectivity index (χ2n) is 11.1. The molecular weight excluding hydrogens is 534 g/mol. The summed E-state index contributed by atoms with van der Waals surface area (Å²) < 4.78 is 26.6. The van der Waals surface area contributed by atoms with Crippen molar-refractivity contribution >= 4 is 27.5 Å². The Kier molecular flexibility index (Phi) is 11.5. The molecule has 7 nitrogen and oxygen atoms in total. The summed E-state index contributed by atoms with van der Waals surface area (Å²) >= 11 is 0. The molecule has 0 saturated heterocycles. The fourth-order valence-corrected chi connectivity index (χ4v) is 5.69. The summed E-state index contributed by atoms with van der Waals surface area (Å²) in [5, 5.41) is 3.04. The molecule has 2 amide bonds. The van der Waals surface area contributed by atoms with Crippen LogP contribution in [0.3, 0.4) is 0 Å². The molecule has 0 radical (unpaired) electrons. The third-order valence-electron chi connectivity index (χ3n) is 7.00. The Balaban J connectivity index is 1.89. The van der Waals surface area contributed by atoms with Crippen molar-refractivity contribution < 1.29 is 18.0 Å². The number of benzene rings is 3. The van der Waals surface area contributed by atoms with Crippen LogP contribution in [0.1, 0.15) is 48.9 Å². The van der Waals surface area contributed by atoms with Gasteiger partial charge in [0.1, 0.15) is 6.04 Å². The molecule has 1 atom stereocenters. The highest BCUT2D eigenvalue weighted by Crippen LogP contribution is 2.22. The van der Waals surface area contributed by atoms with Gasteiger partial charge in [0.2, 0.25) is 21.8 Å². The Hall–Kier alpha value is -3.65.